The molecular weight excluding hydrogens is 230 g/mol. The number of hydrogen-bond donors (Lipinski definition) is 1. The van der Waals surface area contributed by atoms with E-state index < -0.39 is 10.9 Å². The summed E-state index contributed by atoms with van der Waals surface area (Å²) < 4.78 is 4.87. The highest BCUT2D eigenvalue weighted by Gasteiger charge is 2.19. The van der Waals surface area contributed by atoms with E-state index in [-0.39, 0.29) is 22.5 Å². The number of esters is 1. The summed E-state index contributed by atoms with van der Waals surface area (Å²) in [7, 11) is 1.14. The highest BCUT2D eigenvalue weighted by atomic mass is 16.6. The zero-order chi connectivity index (χ0) is 12.6. The lowest BCUT2D eigenvalue weighted by molar-refractivity contribution is -0.384. The number of non-ortho nitro benzene ring substituents is 1. The SMILES string of the molecule is COC(=O)c1nc2ccc([N+](=O)[O-])cc2n1O. The molecule has 0 spiro atoms. The summed E-state index contributed by atoms with van der Waals surface area (Å²) in [6.07, 6.45) is 0. The molecule has 0 unspecified atom stereocenters. The lowest BCUT2D eigenvalue weighted by Gasteiger charge is -1.97. The number of fused-ring (bicyclic) bond motifs is 1. The van der Waals surface area contributed by atoms with Crippen molar-refractivity contribution in [2.45, 2.75) is 0 Å². The number of nitro benzene ring substituents is 1. The van der Waals surface area contributed by atoms with E-state index in [0.29, 0.717) is 4.73 Å². The van der Waals surface area contributed by atoms with Gasteiger partial charge in [-0.2, -0.15) is 4.73 Å². The zero-order valence-electron chi connectivity index (χ0n) is 8.65. The van der Waals surface area contributed by atoms with Gasteiger partial charge in [-0.05, 0) is 6.07 Å². The minimum Gasteiger partial charge on any atom is -0.463 e. The van der Waals surface area contributed by atoms with Crippen molar-refractivity contribution in [1.29, 1.82) is 0 Å². The number of nitrogens with zero attached hydrogens (tertiary/aromatic N) is 3. The standard InChI is InChI=1S/C9H7N3O5/c1-17-9(13)8-10-6-3-2-5(12(15)16)4-7(6)11(8)14/h2-4,14H,1H3. The molecule has 0 radical (unpaired) electrons. The van der Waals surface area contributed by atoms with Crippen LogP contribution in [0.25, 0.3) is 11.0 Å². The molecule has 1 heterocycles. The van der Waals surface area contributed by atoms with Crippen molar-refractivity contribution < 1.29 is 19.7 Å². The Hall–Kier alpha value is -2.64. The van der Waals surface area contributed by atoms with Gasteiger partial charge >= 0.3 is 5.97 Å². The number of rotatable bonds is 2. The van der Waals surface area contributed by atoms with Gasteiger partial charge in [-0.3, -0.25) is 10.1 Å². The average Bonchev–Trinajstić information content (AvgIpc) is 2.65. The molecule has 1 aromatic heterocycles. The normalized spacial score (nSPS) is 10.4. The Bertz CT molecular complexity index is 618. The molecule has 8 heteroatoms. The zero-order valence-corrected chi connectivity index (χ0v) is 8.65. The maximum absolute atomic E-state index is 11.2. The third kappa shape index (κ3) is 1.65. The number of methoxy groups -OCH3 is 1. The third-order valence-electron chi connectivity index (χ3n) is 2.19. The van der Waals surface area contributed by atoms with Crippen LogP contribution in [0.5, 0.6) is 0 Å². The van der Waals surface area contributed by atoms with Crippen LogP contribution >= 0.6 is 0 Å². The van der Waals surface area contributed by atoms with E-state index in [9.17, 15) is 20.1 Å². The molecule has 2 aromatic rings. The fourth-order valence-electron chi connectivity index (χ4n) is 1.39. The first kappa shape index (κ1) is 10.9. The van der Waals surface area contributed by atoms with E-state index >= 15 is 0 Å². The fraction of sp³-hybridized carbons (Fsp3) is 0.111. The number of carbonyl (C=O) groups is 1. The molecule has 0 aliphatic rings. The molecule has 0 fully saturated rings. The maximum atomic E-state index is 11.2. The Kier molecular flexibility index (Phi) is 2.39. The average molecular weight is 237 g/mol. The molecule has 0 bridgehead atoms. The minimum absolute atomic E-state index is 0.0691. The Morgan fingerprint density at radius 1 is 1.59 bits per heavy atom. The number of aromatic nitrogens is 2. The molecule has 17 heavy (non-hydrogen) atoms. The van der Waals surface area contributed by atoms with Crippen LogP contribution in [0.1, 0.15) is 10.6 Å². The maximum Gasteiger partial charge on any atom is 0.377 e. The summed E-state index contributed by atoms with van der Waals surface area (Å²) in [5.74, 6) is -1.16. The first-order valence-corrected chi connectivity index (χ1v) is 4.49. The summed E-state index contributed by atoms with van der Waals surface area (Å²) in [5.41, 5.74) is 0.127. The monoisotopic (exact) mass is 237 g/mol. The molecule has 0 amide bonds. The number of ether oxygens (including phenoxy) is 1. The number of imidazole rings is 1. The highest BCUT2D eigenvalue weighted by Crippen LogP contribution is 2.21. The lowest BCUT2D eigenvalue weighted by atomic mass is 10.3. The Morgan fingerprint density at radius 3 is 2.88 bits per heavy atom. The molecule has 88 valence electrons. The smallest absolute Gasteiger partial charge is 0.377 e. The summed E-state index contributed by atoms with van der Waals surface area (Å²) >= 11 is 0. The summed E-state index contributed by atoms with van der Waals surface area (Å²) in [5, 5.41) is 20.2. The van der Waals surface area contributed by atoms with E-state index in [2.05, 4.69) is 9.72 Å². The van der Waals surface area contributed by atoms with Crippen LogP contribution in [0.3, 0.4) is 0 Å². The predicted octanol–water partition coefficient (Wildman–Crippen LogP) is 0.968. The van der Waals surface area contributed by atoms with Gasteiger partial charge in [0.15, 0.2) is 0 Å². The van der Waals surface area contributed by atoms with Crippen molar-refractivity contribution in [1.82, 2.24) is 9.71 Å². The van der Waals surface area contributed by atoms with Crippen LogP contribution in [0.2, 0.25) is 0 Å². The summed E-state index contributed by atoms with van der Waals surface area (Å²) in [6.45, 7) is 0. The van der Waals surface area contributed by atoms with Crippen LogP contribution in [-0.2, 0) is 4.74 Å². The van der Waals surface area contributed by atoms with Crippen LogP contribution in [0.4, 0.5) is 5.69 Å². The molecule has 0 aliphatic heterocycles. The van der Waals surface area contributed by atoms with Gasteiger partial charge in [0.05, 0.1) is 17.5 Å². The highest BCUT2D eigenvalue weighted by molar-refractivity contribution is 5.91. The third-order valence-corrected chi connectivity index (χ3v) is 2.19. The van der Waals surface area contributed by atoms with Gasteiger partial charge in [0, 0.05) is 12.1 Å². The lowest BCUT2D eigenvalue weighted by Crippen LogP contribution is -2.09. The first-order chi connectivity index (χ1) is 8.04. The summed E-state index contributed by atoms with van der Waals surface area (Å²) in [4.78, 5) is 25.0. The molecule has 0 aliphatic carbocycles. The van der Waals surface area contributed by atoms with Gasteiger partial charge in [0.25, 0.3) is 11.5 Å². The Labute approximate surface area is 94.2 Å². The number of carbonyl (C=O) groups excluding carboxylic acids is 1. The second-order valence-electron chi connectivity index (χ2n) is 3.17. The molecule has 1 aromatic carbocycles. The van der Waals surface area contributed by atoms with Crippen LogP contribution in [0.15, 0.2) is 18.2 Å². The van der Waals surface area contributed by atoms with E-state index in [1.165, 1.54) is 12.1 Å². The molecule has 0 saturated heterocycles. The molecular formula is C9H7N3O5. The van der Waals surface area contributed by atoms with Crippen LogP contribution in [0, 0.1) is 10.1 Å². The van der Waals surface area contributed by atoms with Crippen molar-refractivity contribution in [2.24, 2.45) is 0 Å². The molecule has 2 rings (SSSR count). The number of benzene rings is 1. The molecule has 1 N–H and O–H groups in total. The molecule has 0 saturated carbocycles. The van der Waals surface area contributed by atoms with Gasteiger partial charge in [0.2, 0.25) is 0 Å². The quantitative estimate of drug-likeness (QED) is 0.361. The van der Waals surface area contributed by atoms with Crippen molar-refractivity contribution in [3.8, 4) is 0 Å². The second kappa shape index (κ2) is 3.74. The van der Waals surface area contributed by atoms with Gasteiger partial charge in [0.1, 0.15) is 5.52 Å². The molecule has 0 atom stereocenters. The first-order valence-electron chi connectivity index (χ1n) is 4.49. The van der Waals surface area contributed by atoms with Crippen molar-refractivity contribution in [3.63, 3.8) is 0 Å². The number of hydrogen-bond acceptors (Lipinski definition) is 6. The van der Waals surface area contributed by atoms with E-state index in [1.807, 2.05) is 0 Å². The van der Waals surface area contributed by atoms with Gasteiger partial charge < -0.3 is 9.94 Å². The topological polar surface area (TPSA) is 107 Å². The van der Waals surface area contributed by atoms with E-state index in [0.717, 1.165) is 13.2 Å². The fourth-order valence-corrected chi connectivity index (χ4v) is 1.39. The van der Waals surface area contributed by atoms with Crippen molar-refractivity contribution in [2.75, 3.05) is 7.11 Å². The van der Waals surface area contributed by atoms with Gasteiger partial charge in [-0.1, -0.05) is 0 Å². The summed E-state index contributed by atoms with van der Waals surface area (Å²) in [6, 6.07) is 3.69. The predicted molar refractivity (Wildman–Crippen MR) is 54.9 cm³/mol. The Balaban J connectivity index is 2.66. The Morgan fingerprint density at radius 2 is 2.29 bits per heavy atom. The second-order valence-corrected chi connectivity index (χ2v) is 3.17. The minimum atomic E-state index is -0.827. The number of nitro groups is 1. The van der Waals surface area contributed by atoms with Gasteiger partial charge in [-0.25, -0.2) is 9.78 Å². The van der Waals surface area contributed by atoms with Crippen molar-refractivity contribution in [3.05, 3.63) is 34.1 Å². The van der Waals surface area contributed by atoms with Crippen LogP contribution < -0.4 is 0 Å². The molecule has 8 nitrogen and oxygen atoms in total. The largest absolute Gasteiger partial charge is 0.463 e. The van der Waals surface area contributed by atoms with Crippen LogP contribution in [-0.4, -0.2) is 32.9 Å². The van der Waals surface area contributed by atoms with E-state index in [1.54, 1.807) is 0 Å². The van der Waals surface area contributed by atoms with E-state index in [4.69, 9.17) is 0 Å². The van der Waals surface area contributed by atoms with Gasteiger partial charge in [-0.15, -0.1) is 0 Å². The van der Waals surface area contributed by atoms with Crippen molar-refractivity contribution >= 4 is 22.7 Å².